The van der Waals surface area contributed by atoms with E-state index in [0.717, 1.165) is 9.87 Å². The fraction of sp³-hybridized carbons (Fsp3) is 0.333. The van der Waals surface area contributed by atoms with Crippen LogP contribution in [0.25, 0.3) is 0 Å². The average molecular weight is 602 g/mol. The van der Waals surface area contributed by atoms with Crippen LogP contribution in [-0.2, 0) is 26.2 Å². The van der Waals surface area contributed by atoms with Crippen LogP contribution < -0.4 is 19.1 Å². The van der Waals surface area contributed by atoms with E-state index in [9.17, 15) is 18.0 Å². The number of rotatable bonds is 13. The molecule has 2 amide bonds. The summed E-state index contributed by atoms with van der Waals surface area (Å²) in [6.45, 7) is 4.93. The highest BCUT2D eigenvalue weighted by molar-refractivity contribution is 7.92. The normalized spacial score (nSPS) is 12.0. The minimum absolute atomic E-state index is 0.00786. The molecule has 0 aliphatic rings. The Kier molecular flexibility index (Phi) is 11.0. The van der Waals surface area contributed by atoms with Gasteiger partial charge in [-0.05, 0) is 62.2 Å². The van der Waals surface area contributed by atoms with Gasteiger partial charge in [-0.2, -0.15) is 0 Å². The summed E-state index contributed by atoms with van der Waals surface area (Å²) >= 11 is 6.07. The van der Waals surface area contributed by atoms with Gasteiger partial charge in [0.15, 0.2) is 0 Å². The van der Waals surface area contributed by atoms with E-state index >= 15 is 0 Å². The van der Waals surface area contributed by atoms with Crippen molar-refractivity contribution in [2.45, 2.75) is 50.7 Å². The smallest absolute Gasteiger partial charge is 0.264 e. The number of carbonyl (C=O) groups is 2. The summed E-state index contributed by atoms with van der Waals surface area (Å²) in [5.41, 5.74) is 0.852. The molecule has 0 radical (unpaired) electrons. The summed E-state index contributed by atoms with van der Waals surface area (Å²) in [5, 5.41) is 3.41. The van der Waals surface area contributed by atoms with E-state index in [1.54, 1.807) is 61.5 Å². The molecule has 1 N–H and O–H groups in total. The fourth-order valence-electron chi connectivity index (χ4n) is 4.31. The van der Waals surface area contributed by atoms with Gasteiger partial charge in [-0.3, -0.25) is 13.9 Å². The van der Waals surface area contributed by atoms with Crippen LogP contribution in [0.1, 0.15) is 32.8 Å². The minimum Gasteiger partial charge on any atom is -0.497 e. The van der Waals surface area contributed by atoms with Crippen LogP contribution in [0.15, 0.2) is 77.7 Å². The molecule has 0 fully saturated rings. The van der Waals surface area contributed by atoms with Crippen LogP contribution in [0.2, 0.25) is 5.02 Å². The second kappa shape index (κ2) is 14.2. The lowest BCUT2D eigenvalue weighted by Gasteiger charge is -2.34. The molecule has 0 spiro atoms. The largest absolute Gasteiger partial charge is 0.497 e. The van der Waals surface area contributed by atoms with Crippen molar-refractivity contribution in [1.29, 1.82) is 0 Å². The van der Waals surface area contributed by atoms with Crippen molar-refractivity contribution >= 4 is 39.1 Å². The van der Waals surface area contributed by atoms with Gasteiger partial charge in [-0.25, -0.2) is 8.42 Å². The summed E-state index contributed by atoms with van der Waals surface area (Å²) < 4.78 is 39.9. The lowest BCUT2D eigenvalue weighted by Crippen LogP contribution is -2.53. The van der Waals surface area contributed by atoms with Gasteiger partial charge in [0.1, 0.15) is 24.1 Å². The number of anilines is 1. The van der Waals surface area contributed by atoms with Gasteiger partial charge >= 0.3 is 0 Å². The zero-order chi connectivity index (χ0) is 30.2. The van der Waals surface area contributed by atoms with Crippen molar-refractivity contribution in [3.05, 3.63) is 83.4 Å². The van der Waals surface area contributed by atoms with E-state index in [-0.39, 0.29) is 34.8 Å². The number of amides is 2. The maximum Gasteiger partial charge on any atom is 0.264 e. The summed E-state index contributed by atoms with van der Waals surface area (Å²) in [4.78, 5) is 28.8. The van der Waals surface area contributed by atoms with Crippen molar-refractivity contribution in [2.24, 2.45) is 0 Å². The highest BCUT2D eigenvalue weighted by atomic mass is 35.5. The number of nitrogens with one attached hydrogen (secondary N) is 1. The molecule has 0 saturated heterocycles. The van der Waals surface area contributed by atoms with Crippen LogP contribution in [0.3, 0.4) is 0 Å². The number of sulfonamides is 1. The molecule has 0 bridgehead atoms. The molecule has 9 nitrogen and oxygen atoms in total. The maximum atomic E-state index is 14.2. The number of hydrogen-bond acceptors (Lipinski definition) is 6. The number of benzene rings is 3. The average Bonchev–Trinajstić information content (AvgIpc) is 2.96. The first-order valence-corrected chi connectivity index (χ1v) is 15.0. The number of methoxy groups -OCH3 is 2. The Morgan fingerprint density at radius 3 is 2.17 bits per heavy atom. The number of halogens is 1. The third-order valence-electron chi connectivity index (χ3n) is 6.35. The van der Waals surface area contributed by atoms with Crippen molar-refractivity contribution < 1.29 is 27.5 Å². The Morgan fingerprint density at radius 1 is 0.951 bits per heavy atom. The van der Waals surface area contributed by atoms with E-state index in [2.05, 4.69) is 5.32 Å². The second-order valence-corrected chi connectivity index (χ2v) is 11.9. The van der Waals surface area contributed by atoms with Gasteiger partial charge in [0.25, 0.3) is 10.0 Å². The number of carbonyl (C=O) groups excluding carboxylic acids is 2. The molecular weight excluding hydrogens is 566 g/mol. The second-order valence-electron chi connectivity index (χ2n) is 9.60. The molecule has 0 aromatic heterocycles. The van der Waals surface area contributed by atoms with Crippen LogP contribution in [0, 0.1) is 0 Å². The monoisotopic (exact) mass is 601 g/mol. The van der Waals surface area contributed by atoms with Gasteiger partial charge < -0.3 is 19.7 Å². The highest BCUT2D eigenvalue weighted by Crippen LogP contribution is 2.36. The van der Waals surface area contributed by atoms with Crippen molar-refractivity contribution in [3.63, 3.8) is 0 Å². The van der Waals surface area contributed by atoms with E-state index in [1.807, 2.05) is 13.8 Å². The predicted octanol–water partition coefficient (Wildman–Crippen LogP) is 4.88. The van der Waals surface area contributed by atoms with E-state index in [1.165, 1.54) is 37.3 Å². The van der Waals surface area contributed by atoms with Gasteiger partial charge in [0, 0.05) is 23.7 Å². The Labute approximate surface area is 247 Å². The third kappa shape index (κ3) is 7.92. The molecule has 220 valence electrons. The molecular formula is C30H36ClN3O6S. The van der Waals surface area contributed by atoms with E-state index < -0.39 is 28.5 Å². The summed E-state index contributed by atoms with van der Waals surface area (Å²) in [7, 11) is -1.39. The molecule has 11 heteroatoms. The van der Waals surface area contributed by atoms with Gasteiger partial charge in [0.2, 0.25) is 11.8 Å². The first kappa shape index (κ1) is 31.8. The SMILES string of the molecule is CC[C@H](C(=O)NC(C)C)N(Cc1ccc(Cl)cc1)C(=O)CN(c1cc(OC)ccc1OC)S(=O)(=O)c1ccccc1. The molecule has 3 rings (SSSR count). The van der Waals surface area contributed by atoms with Gasteiger partial charge in [-0.1, -0.05) is 48.9 Å². The molecule has 3 aromatic carbocycles. The predicted molar refractivity (Wildman–Crippen MR) is 160 cm³/mol. The van der Waals surface area contributed by atoms with Gasteiger partial charge in [0.05, 0.1) is 24.8 Å². The Hall–Kier alpha value is -3.76. The Bertz CT molecular complexity index is 1430. The number of ether oxygens (including phenoxy) is 2. The summed E-state index contributed by atoms with van der Waals surface area (Å²) in [6, 6.07) is 18.4. The van der Waals surface area contributed by atoms with E-state index in [0.29, 0.717) is 17.2 Å². The lowest BCUT2D eigenvalue weighted by atomic mass is 10.1. The lowest BCUT2D eigenvalue weighted by molar-refractivity contribution is -0.140. The van der Waals surface area contributed by atoms with Crippen molar-refractivity contribution in [3.8, 4) is 11.5 Å². The quantitative estimate of drug-likeness (QED) is 0.299. The van der Waals surface area contributed by atoms with Crippen molar-refractivity contribution in [2.75, 3.05) is 25.1 Å². The molecule has 0 aliphatic carbocycles. The van der Waals surface area contributed by atoms with Crippen molar-refractivity contribution in [1.82, 2.24) is 10.2 Å². The first-order chi connectivity index (χ1) is 19.5. The molecule has 0 saturated carbocycles. The van der Waals surface area contributed by atoms with Crippen LogP contribution >= 0.6 is 11.6 Å². The standard InChI is InChI=1S/C30H36ClN3O6S/c1-6-26(30(36)32-21(2)3)33(19-22-12-14-23(31)15-13-22)29(35)20-34(41(37,38)25-10-8-7-9-11-25)27-18-24(39-4)16-17-28(27)40-5/h7-18,21,26H,6,19-20H2,1-5H3,(H,32,36)/t26-/m1/s1. The third-order valence-corrected chi connectivity index (χ3v) is 8.37. The van der Waals surface area contributed by atoms with Crippen LogP contribution in [-0.4, -0.2) is 58.0 Å². The molecule has 0 heterocycles. The zero-order valence-corrected chi connectivity index (χ0v) is 25.4. The molecule has 3 aromatic rings. The first-order valence-electron chi connectivity index (χ1n) is 13.2. The topological polar surface area (TPSA) is 105 Å². The Balaban J connectivity index is 2.13. The Morgan fingerprint density at radius 2 is 1.61 bits per heavy atom. The zero-order valence-electron chi connectivity index (χ0n) is 23.8. The summed E-state index contributed by atoms with van der Waals surface area (Å²) in [6.07, 6.45) is 0.311. The number of hydrogen-bond donors (Lipinski definition) is 1. The molecule has 0 unspecified atom stereocenters. The number of nitrogens with zero attached hydrogens (tertiary/aromatic N) is 2. The minimum atomic E-state index is -4.26. The fourth-order valence-corrected chi connectivity index (χ4v) is 5.87. The van der Waals surface area contributed by atoms with Crippen LogP contribution in [0.5, 0.6) is 11.5 Å². The highest BCUT2D eigenvalue weighted by Gasteiger charge is 2.35. The molecule has 1 atom stereocenters. The molecule has 41 heavy (non-hydrogen) atoms. The molecule has 0 aliphatic heterocycles. The van der Waals surface area contributed by atoms with Crippen LogP contribution in [0.4, 0.5) is 5.69 Å². The van der Waals surface area contributed by atoms with E-state index in [4.69, 9.17) is 21.1 Å². The summed E-state index contributed by atoms with van der Waals surface area (Å²) in [5.74, 6) is -0.300. The van der Waals surface area contributed by atoms with Gasteiger partial charge in [-0.15, -0.1) is 0 Å². The maximum absolute atomic E-state index is 14.2.